The molecule has 25 heavy (non-hydrogen) atoms. The van der Waals surface area contributed by atoms with Crippen molar-refractivity contribution in [1.29, 1.82) is 0 Å². The van der Waals surface area contributed by atoms with Gasteiger partial charge in [-0.25, -0.2) is 8.42 Å². The molecule has 0 unspecified atom stereocenters. The number of carbonyl (C=O) groups excluding carboxylic acids is 2. The molecule has 2 aromatic carbocycles. The van der Waals surface area contributed by atoms with Crippen molar-refractivity contribution >= 4 is 33.1 Å². The molecule has 1 aliphatic heterocycles. The molecule has 1 aliphatic rings. The van der Waals surface area contributed by atoms with Gasteiger partial charge in [0.05, 0.1) is 23.8 Å². The van der Waals surface area contributed by atoms with E-state index in [-0.39, 0.29) is 21.7 Å². The Balaban J connectivity index is 2.02. The molecule has 2 N–H and O–H groups in total. The van der Waals surface area contributed by atoms with Crippen molar-refractivity contribution < 1.29 is 22.7 Å². The molecule has 0 saturated heterocycles. The van der Waals surface area contributed by atoms with Gasteiger partial charge in [0, 0.05) is 16.8 Å². The summed E-state index contributed by atoms with van der Waals surface area (Å²) in [6.45, 7) is 0. The summed E-state index contributed by atoms with van der Waals surface area (Å²) < 4.78 is 32.1. The van der Waals surface area contributed by atoms with Crippen molar-refractivity contribution in [2.45, 2.75) is 4.90 Å². The monoisotopic (exact) mass is 358 g/mol. The molecule has 0 bridgehead atoms. The van der Waals surface area contributed by atoms with Gasteiger partial charge in [0.1, 0.15) is 0 Å². The highest BCUT2D eigenvalue weighted by Gasteiger charge is 2.28. The Bertz CT molecular complexity index is 981. The highest BCUT2D eigenvalue weighted by atomic mass is 32.2. The maximum Gasteiger partial charge on any atom is 0.261 e. The number of sulfonamides is 1. The quantitative estimate of drug-likeness (QED) is 0.492. The van der Waals surface area contributed by atoms with Gasteiger partial charge in [-0.3, -0.25) is 19.6 Å². The van der Waals surface area contributed by atoms with Gasteiger partial charge >= 0.3 is 0 Å². The largest absolute Gasteiger partial charge is 0.504 e. The van der Waals surface area contributed by atoms with Gasteiger partial charge in [-0.05, 0) is 30.3 Å². The predicted molar refractivity (Wildman–Crippen MR) is 91.2 cm³/mol. The number of hydrogen-bond donors (Lipinski definition) is 2. The van der Waals surface area contributed by atoms with Crippen molar-refractivity contribution in [2.75, 3.05) is 11.8 Å². The molecule has 0 aromatic heterocycles. The second-order valence-electron chi connectivity index (χ2n) is 5.23. The van der Waals surface area contributed by atoms with Crippen molar-refractivity contribution in [1.82, 2.24) is 5.32 Å². The zero-order chi connectivity index (χ0) is 18.0. The smallest absolute Gasteiger partial charge is 0.261 e. The van der Waals surface area contributed by atoms with E-state index in [4.69, 9.17) is 4.74 Å². The number of anilines is 1. The Hall–Kier alpha value is -3.13. The highest BCUT2D eigenvalue weighted by Crippen LogP contribution is 2.28. The van der Waals surface area contributed by atoms with Gasteiger partial charge in [0.2, 0.25) is 0 Å². The van der Waals surface area contributed by atoms with Crippen LogP contribution in [0.5, 0.6) is 0 Å². The predicted octanol–water partition coefficient (Wildman–Crippen LogP) is 1.74. The summed E-state index contributed by atoms with van der Waals surface area (Å²) in [5, 5.41) is 2.20. The molecule has 0 fully saturated rings. The standard InChI is InChI=1S/C17H14N2O5S/c1-24-10-15-14-9-11(7-8-13(14)16(20)18-17(15)21)19-25(22,23)12-5-3-2-4-6-12/h2-10,19H,1H3,(H,18,20,21)/b15-10+. The van der Waals surface area contributed by atoms with E-state index in [2.05, 4.69) is 10.0 Å². The van der Waals surface area contributed by atoms with E-state index in [1.54, 1.807) is 18.2 Å². The van der Waals surface area contributed by atoms with Gasteiger partial charge in [-0.1, -0.05) is 18.2 Å². The number of ether oxygens (including phenoxy) is 1. The average molecular weight is 358 g/mol. The van der Waals surface area contributed by atoms with Crippen LogP contribution in [-0.2, 0) is 19.6 Å². The number of nitrogens with one attached hydrogen (secondary N) is 2. The summed E-state index contributed by atoms with van der Waals surface area (Å²) in [6.07, 6.45) is 1.20. The van der Waals surface area contributed by atoms with Crippen molar-refractivity contribution in [3.05, 3.63) is 65.9 Å². The topological polar surface area (TPSA) is 102 Å². The summed E-state index contributed by atoms with van der Waals surface area (Å²) in [4.78, 5) is 24.0. The third kappa shape index (κ3) is 3.24. The van der Waals surface area contributed by atoms with E-state index in [9.17, 15) is 18.0 Å². The molecule has 2 aromatic rings. The molecule has 0 saturated carbocycles. The van der Waals surface area contributed by atoms with Crippen LogP contribution in [-0.4, -0.2) is 27.3 Å². The van der Waals surface area contributed by atoms with Gasteiger partial charge < -0.3 is 4.74 Å². The second-order valence-corrected chi connectivity index (χ2v) is 6.91. The third-order valence-corrected chi connectivity index (χ3v) is 4.96. The fraction of sp³-hybridized carbons (Fsp3) is 0.0588. The van der Waals surface area contributed by atoms with Crippen LogP contribution in [0.2, 0.25) is 0 Å². The minimum atomic E-state index is -3.78. The molecule has 1 heterocycles. The van der Waals surface area contributed by atoms with Gasteiger partial charge in [-0.2, -0.15) is 0 Å². The lowest BCUT2D eigenvalue weighted by Crippen LogP contribution is -2.36. The van der Waals surface area contributed by atoms with Crippen LogP contribution >= 0.6 is 0 Å². The Morgan fingerprint density at radius 1 is 1.00 bits per heavy atom. The Morgan fingerprint density at radius 2 is 1.72 bits per heavy atom. The number of fused-ring (bicyclic) bond motifs is 1. The average Bonchev–Trinajstić information content (AvgIpc) is 2.59. The number of amides is 2. The van der Waals surface area contributed by atoms with Crippen LogP contribution in [0, 0.1) is 0 Å². The van der Waals surface area contributed by atoms with Crippen LogP contribution in [0.4, 0.5) is 5.69 Å². The fourth-order valence-corrected chi connectivity index (χ4v) is 3.51. The molecule has 2 amide bonds. The minimum Gasteiger partial charge on any atom is -0.504 e. The zero-order valence-corrected chi connectivity index (χ0v) is 14.0. The van der Waals surface area contributed by atoms with E-state index in [0.29, 0.717) is 5.56 Å². The first kappa shape index (κ1) is 16.7. The summed E-state index contributed by atoms with van der Waals surface area (Å²) >= 11 is 0. The van der Waals surface area contributed by atoms with E-state index in [1.165, 1.54) is 43.7 Å². The molecule has 3 rings (SSSR count). The number of carbonyl (C=O) groups is 2. The van der Waals surface area contributed by atoms with E-state index in [1.807, 2.05) is 0 Å². The Morgan fingerprint density at radius 3 is 2.40 bits per heavy atom. The lowest BCUT2D eigenvalue weighted by molar-refractivity contribution is -0.114. The first-order chi connectivity index (χ1) is 11.9. The van der Waals surface area contributed by atoms with E-state index < -0.39 is 21.8 Å². The Kier molecular flexibility index (Phi) is 4.28. The highest BCUT2D eigenvalue weighted by molar-refractivity contribution is 7.92. The third-order valence-electron chi connectivity index (χ3n) is 3.57. The van der Waals surface area contributed by atoms with Gasteiger partial charge in [0.25, 0.3) is 21.8 Å². The molecule has 0 atom stereocenters. The summed E-state index contributed by atoms with van der Waals surface area (Å²) in [5.41, 5.74) is 0.916. The van der Waals surface area contributed by atoms with Crippen LogP contribution in [0.3, 0.4) is 0 Å². The van der Waals surface area contributed by atoms with Crippen molar-refractivity contribution in [3.63, 3.8) is 0 Å². The second kappa shape index (κ2) is 6.40. The first-order valence-electron chi connectivity index (χ1n) is 7.23. The molecule has 0 spiro atoms. The molecular formula is C17H14N2O5S. The first-order valence-corrected chi connectivity index (χ1v) is 8.71. The minimum absolute atomic E-state index is 0.106. The van der Waals surface area contributed by atoms with E-state index in [0.717, 1.165) is 0 Å². The zero-order valence-electron chi connectivity index (χ0n) is 13.1. The van der Waals surface area contributed by atoms with Crippen molar-refractivity contribution in [2.24, 2.45) is 0 Å². The molecule has 7 nitrogen and oxygen atoms in total. The number of imide groups is 1. The van der Waals surface area contributed by atoms with Crippen LogP contribution in [0.1, 0.15) is 15.9 Å². The van der Waals surface area contributed by atoms with Crippen LogP contribution in [0.15, 0.2) is 59.7 Å². The number of rotatable bonds is 4. The van der Waals surface area contributed by atoms with Crippen LogP contribution < -0.4 is 10.0 Å². The molecule has 0 aliphatic carbocycles. The lowest BCUT2D eigenvalue weighted by Gasteiger charge is -2.19. The maximum atomic E-state index is 12.4. The normalized spacial score (nSPS) is 15.5. The van der Waals surface area contributed by atoms with E-state index >= 15 is 0 Å². The maximum absolute atomic E-state index is 12.4. The molecular weight excluding hydrogens is 344 g/mol. The number of methoxy groups -OCH3 is 1. The summed E-state index contributed by atoms with van der Waals surface area (Å²) in [6, 6.07) is 12.2. The Labute approximate surface area is 144 Å². The van der Waals surface area contributed by atoms with Crippen molar-refractivity contribution in [3.8, 4) is 0 Å². The fourth-order valence-electron chi connectivity index (χ4n) is 2.44. The van der Waals surface area contributed by atoms with Crippen LogP contribution in [0.25, 0.3) is 5.57 Å². The SMILES string of the molecule is CO/C=C1/C(=O)NC(=O)c2ccc(NS(=O)(=O)c3ccccc3)cc21. The number of benzene rings is 2. The lowest BCUT2D eigenvalue weighted by atomic mass is 9.95. The summed E-state index contributed by atoms with van der Waals surface area (Å²) in [7, 11) is -2.41. The molecule has 128 valence electrons. The summed E-state index contributed by atoms with van der Waals surface area (Å²) in [5.74, 6) is -1.16. The molecule has 8 heteroatoms. The molecule has 0 radical (unpaired) electrons. The number of hydrogen-bond acceptors (Lipinski definition) is 5. The van der Waals surface area contributed by atoms with Gasteiger partial charge in [0.15, 0.2) is 0 Å². The van der Waals surface area contributed by atoms with Gasteiger partial charge in [-0.15, -0.1) is 0 Å².